The molecule has 20 heavy (non-hydrogen) atoms. The molecule has 0 fully saturated rings. The first-order valence-electron chi connectivity index (χ1n) is 6.31. The molecule has 0 radical (unpaired) electrons. The van der Waals surface area contributed by atoms with Gasteiger partial charge in [0.05, 0.1) is 11.6 Å². The monoisotopic (exact) mass is 353 g/mol. The molecule has 106 valence electrons. The Bertz CT molecular complexity index is 596. The van der Waals surface area contributed by atoms with Crippen molar-refractivity contribution in [3.8, 4) is 0 Å². The molecule has 1 heterocycles. The van der Waals surface area contributed by atoms with Crippen LogP contribution in [0.1, 0.15) is 35.1 Å². The molecule has 3 nitrogen and oxygen atoms in total. The minimum Gasteiger partial charge on any atom is -0.478 e. The highest BCUT2D eigenvalue weighted by atomic mass is 79.9. The summed E-state index contributed by atoms with van der Waals surface area (Å²) in [5.74, 6) is -0.521. The van der Waals surface area contributed by atoms with Crippen molar-refractivity contribution < 1.29 is 9.90 Å². The van der Waals surface area contributed by atoms with Crippen LogP contribution in [0.3, 0.4) is 0 Å². The van der Waals surface area contributed by atoms with Gasteiger partial charge in [0, 0.05) is 15.0 Å². The van der Waals surface area contributed by atoms with Crippen LogP contribution in [0.15, 0.2) is 40.2 Å². The Labute approximate surface area is 130 Å². The molecule has 1 aromatic heterocycles. The van der Waals surface area contributed by atoms with Gasteiger partial charge in [-0.05, 0) is 35.6 Å². The number of carboxylic acid groups (broad SMARTS) is 1. The average Bonchev–Trinajstić information content (AvgIpc) is 2.88. The van der Waals surface area contributed by atoms with Gasteiger partial charge in [0.15, 0.2) is 0 Å². The van der Waals surface area contributed by atoms with Gasteiger partial charge in [-0.3, -0.25) is 0 Å². The van der Waals surface area contributed by atoms with Crippen LogP contribution in [0, 0.1) is 5.92 Å². The van der Waals surface area contributed by atoms with Gasteiger partial charge in [-0.1, -0.05) is 35.8 Å². The average molecular weight is 354 g/mol. The topological polar surface area (TPSA) is 49.3 Å². The largest absolute Gasteiger partial charge is 0.478 e. The predicted molar refractivity (Wildman–Crippen MR) is 86.6 cm³/mol. The van der Waals surface area contributed by atoms with Gasteiger partial charge in [-0.2, -0.15) is 0 Å². The summed E-state index contributed by atoms with van der Waals surface area (Å²) in [5, 5.41) is 14.6. The SMILES string of the molecule is CC(C)C(Nc1cc(Br)cc(C(=O)O)c1)c1cccs1. The molecule has 1 unspecified atom stereocenters. The zero-order valence-electron chi connectivity index (χ0n) is 11.3. The number of hydrogen-bond acceptors (Lipinski definition) is 3. The number of anilines is 1. The third-order valence-electron chi connectivity index (χ3n) is 2.98. The highest BCUT2D eigenvalue weighted by molar-refractivity contribution is 9.10. The van der Waals surface area contributed by atoms with E-state index in [1.807, 2.05) is 12.1 Å². The first kappa shape index (κ1) is 15.1. The van der Waals surface area contributed by atoms with Crippen LogP contribution in [-0.4, -0.2) is 11.1 Å². The van der Waals surface area contributed by atoms with Crippen LogP contribution >= 0.6 is 27.3 Å². The van der Waals surface area contributed by atoms with E-state index in [1.54, 1.807) is 23.5 Å². The summed E-state index contributed by atoms with van der Waals surface area (Å²) in [6.07, 6.45) is 0. The van der Waals surface area contributed by atoms with Crippen LogP contribution in [0.2, 0.25) is 0 Å². The van der Waals surface area contributed by atoms with E-state index in [0.717, 1.165) is 10.2 Å². The van der Waals surface area contributed by atoms with Crippen molar-refractivity contribution >= 4 is 38.9 Å². The molecular weight excluding hydrogens is 338 g/mol. The molecule has 0 bridgehead atoms. The summed E-state index contributed by atoms with van der Waals surface area (Å²) in [5.41, 5.74) is 1.08. The fourth-order valence-corrected chi connectivity index (χ4v) is 3.45. The lowest BCUT2D eigenvalue weighted by atomic mass is 10.0. The summed E-state index contributed by atoms with van der Waals surface area (Å²) in [6.45, 7) is 4.29. The van der Waals surface area contributed by atoms with Crippen molar-refractivity contribution in [3.63, 3.8) is 0 Å². The molecule has 2 N–H and O–H groups in total. The van der Waals surface area contributed by atoms with Crippen LogP contribution in [0.4, 0.5) is 5.69 Å². The van der Waals surface area contributed by atoms with Crippen LogP contribution in [-0.2, 0) is 0 Å². The summed E-state index contributed by atoms with van der Waals surface area (Å²) in [6, 6.07) is 9.46. The second kappa shape index (κ2) is 6.41. The standard InChI is InChI=1S/C15H16BrNO2S/c1-9(2)14(13-4-3-5-20-13)17-12-7-10(15(18)19)6-11(16)8-12/h3-9,14,17H,1-2H3,(H,18,19). The van der Waals surface area contributed by atoms with Crippen LogP contribution in [0.5, 0.6) is 0 Å². The number of rotatable bonds is 5. The van der Waals surface area contributed by atoms with Crippen molar-refractivity contribution in [1.82, 2.24) is 0 Å². The highest BCUT2D eigenvalue weighted by Gasteiger charge is 2.17. The first-order valence-corrected chi connectivity index (χ1v) is 7.98. The maximum absolute atomic E-state index is 11.1. The predicted octanol–water partition coefficient (Wildman–Crippen LogP) is 5.02. The number of halogens is 1. The minimum absolute atomic E-state index is 0.172. The van der Waals surface area contributed by atoms with E-state index in [0.29, 0.717) is 5.92 Å². The first-order chi connectivity index (χ1) is 9.47. The van der Waals surface area contributed by atoms with Gasteiger partial charge in [-0.25, -0.2) is 4.79 Å². The molecule has 0 aliphatic heterocycles. The van der Waals surface area contributed by atoms with Gasteiger partial charge in [0.25, 0.3) is 0 Å². The van der Waals surface area contributed by atoms with E-state index in [4.69, 9.17) is 5.11 Å². The fraction of sp³-hybridized carbons (Fsp3) is 0.267. The molecule has 5 heteroatoms. The van der Waals surface area contributed by atoms with Gasteiger partial charge in [-0.15, -0.1) is 11.3 Å². The lowest BCUT2D eigenvalue weighted by Crippen LogP contribution is -2.16. The molecule has 1 atom stereocenters. The molecular formula is C15H16BrNO2S. The number of nitrogens with one attached hydrogen (secondary N) is 1. The molecule has 2 aromatic rings. The molecule has 0 saturated heterocycles. The zero-order valence-corrected chi connectivity index (χ0v) is 13.7. The van der Waals surface area contributed by atoms with Crippen molar-refractivity contribution in [1.29, 1.82) is 0 Å². The van der Waals surface area contributed by atoms with Crippen molar-refractivity contribution in [2.75, 3.05) is 5.32 Å². The fourth-order valence-electron chi connectivity index (χ4n) is 2.01. The summed E-state index contributed by atoms with van der Waals surface area (Å²) >= 11 is 5.06. The highest BCUT2D eigenvalue weighted by Crippen LogP contribution is 2.31. The maximum Gasteiger partial charge on any atom is 0.335 e. The molecule has 1 aromatic carbocycles. The number of carboxylic acids is 1. The summed E-state index contributed by atoms with van der Waals surface area (Å²) in [7, 11) is 0. The van der Waals surface area contributed by atoms with E-state index in [-0.39, 0.29) is 11.6 Å². The van der Waals surface area contributed by atoms with Crippen molar-refractivity contribution in [3.05, 3.63) is 50.6 Å². The lowest BCUT2D eigenvalue weighted by molar-refractivity contribution is 0.0697. The van der Waals surface area contributed by atoms with Crippen molar-refractivity contribution in [2.45, 2.75) is 19.9 Å². The van der Waals surface area contributed by atoms with E-state index < -0.39 is 5.97 Å². The maximum atomic E-state index is 11.1. The van der Waals surface area contributed by atoms with Gasteiger partial charge in [0.2, 0.25) is 0 Å². The number of benzene rings is 1. The second-order valence-corrected chi connectivity index (χ2v) is 6.81. The van der Waals surface area contributed by atoms with Gasteiger partial charge >= 0.3 is 5.97 Å². The van der Waals surface area contributed by atoms with E-state index in [1.165, 1.54) is 4.88 Å². The number of carbonyl (C=O) groups is 1. The molecule has 0 spiro atoms. The molecule has 0 saturated carbocycles. The van der Waals surface area contributed by atoms with E-state index in [9.17, 15) is 4.79 Å². The summed E-state index contributed by atoms with van der Waals surface area (Å²) < 4.78 is 0.758. The van der Waals surface area contributed by atoms with E-state index in [2.05, 4.69) is 46.5 Å². The Kier molecular flexibility index (Phi) is 4.83. The molecule has 0 aliphatic carbocycles. The molecule has 0 aliphatic rings. The lowest BCUT2D eigenvalue weighted by Gasteiger charge is -2.23. The third kappa shape index (κ3) is 3.61. The molecule has 2 rings (SSSR count). The Hall–Kier alpha value is -1.33. The Morgan fingerprint density at radius 3 is 2.65 bits per heavy atom. The Balaban J connectivity index is 2.29. The third-order valence-corrected chi connectivity index (χ3v) is 4.40. The smallest absolute Gasteiger partial charge is 0.335 e. The van der Waals surface area contributed by atoms with E-state index >= 15 is 0 Å². The molecule has 0 amide bonds. The number of thiophene rings is 1. The van der Waals surface area contributed by atoms with Crippen LogP contribution < -0.4 is 5.32 Å². The zero-order chi connectivity index (χ0) is 14.7. The number of aromatic carboxylic acids is 1. The van der Waals surface area contributed by atoms with Crippen LogP contribution in [0.25, 0.3) is 0 Å². The number of hydrogen-bond donors (Lipinski definition) is 2. The van der Waals surface area contributed by atoms with Gasteiger partial charge < -0.3 is 10.4 Å². The normalized spacial score (nSPS) is 12.4. The quantitative estimate of drug-likeness (QED) is 0.793. The Morgan fingerprint density at radius 1 is 1.35 bits per heavy atom. The summed E-state index contributed by atoms with van der Waals surface area (Å²) in [4.78, 5) is 12.4. The minimum atomic E-state index is -0.924. The van der Waals surface area contributed by atoms with Gasteiger partial charge in [0.1, 0.15) is 0 Å². The second-order valence-electron chi connectivity index (χ2n) is 4.92. The Morgan fingerprint density at radius 2 is 2.10 bits per heavy atom. The van der Waals surface area contributed by atoms with Crippen molar-refractivity contribution in [2.24, 2.45) is 5.92 Å².